The zero-order chi connectivity index (χ0) is 14.8. The summed E-state index contributed by atoms with van der Waals surface area (Å²) in [5, 5.41) is 0. The van der Waals surface area contributed by atoms with E-state index in [1.54, 1.807) is 0 Å². The molecule has 8 heteroatoms. The summed E-state index contributed by atoms with van der Waals surface area (Å²) in [6.45, 7) is 0.812. The Balaban J connectivity index is 2.22. The van der Waals surface area contributed by atoms with E-state index < -0.39 is 17.1 Å². The van der Waals surface area contributed by atoms with Crippen molar-refractivity contribution in [1.82, 2.24) is 14.5 Å². The summed E-state index contributed by atoms with van der Waals surface area (Å²) in [4.78, 5) is 50.9. The molecule has 0 amide bonds. The van der Waals surface area contributed by atoms with Gasteiger partial charge in [0.1, 0.15) is 0 Å². The van der Waals surface area contributed by atoms with Crippen LogP contribution < -0.4 is 17.1 Å². The molecule has 1 heterocycles. The number of aliphatic imine (C=N–C) groups is 1. The van der Waals surface area contributed by atoms with Crippen molar-refractivity contribution in [3.8, 4) is 0 Å². The molecule has 0 aliphatic rings. The number of nitrogens with one attached hydrogen (secondary N) is 2. The van der Waals surface area contributed by atoms with Gasteiger partial charge in [-0.3, -0.25) is 9.97 Å². The number of rotatable bonds is 9. The third kappa shape index (κ3) is 5.62. The first kappa shape index (κ1) is 15.8. The molecule has 0 atom stereocenters. The highest BCUT2D eigenvalue weighted by molar-refractivity contribution is 5.32. The lowest BCUT2D eigenvalue weighted by molar-refractivity contribution is 0.520. The van der Waals surface area contributed by atoms with Gasteiger partial charge in [-0.05, 0) is 12.8 Å². The number of H-pyrrole nitrogens is 2. The minimum atomic E-state index is -0.783. The maximum Gasteiger partial charge on any atom is 0.333 e. The lowest BCUT2D eigenvalue weighted by Gasteiger charge is -2.03. The number of unbranched alkanes of at least 4 members (excludes halogenated alkanes) is 5. The molecule has 20 heavy (non-hydrogen) atoms. The van der Waals surface area contributed by atoms with E-state index in [1.807, 2.05) is 9.97 Å². The summed E-state index contributed by atoms with van der Waals surface area (Å²) in [6, 6.07) is 0. The number of carbonyl (C=O) groups excluding carboxylic acids is 1. The molecule has 8 nitrogen and oxygen atoms in total. The second-order valence-corrected chi connectivity index (χ2v) is 4.44. The Bertz CT molecular complexity index is 587. The van der Waals surface area contributed by atoms with Gasteiger partial charge in [0.05, 0.1) is 6.54 Å². The van der Waals surface area contributed by atoms with Crippen LogP contribution in [0.4, 0.5) is 0 Å². The minimum Gasteiger partial charge on any atom is -0.259 e. The van der Waals surface area contributed by atoms with Gasteiger partial charge in [0.25, 0.3) is 0 Å². The van der Waals surface area contributed by atoms with E-state index in [0.29, 0.717) is 19.5 Å². The van der Waals surface area contributed by atoms with Crippen LogP contribution in [0.15, 0.2) is 19.4 Å². The molecule has 110 valence electrons. The van der Waals surface area contributed by atoms with Crippen molar-refractivity contribution in [1.29, 1.82) is 0 Å². The summed E-state index contributed by atoms with van der Waals surface area (Å²) in [5.41, 5.74) is -2.13. The molecule has 1 aromatic rings. The van der Waals surface area contributed by atoms with Gasteiger partial charge in [0, 0.05) is 6.54 Å². The zero-order valence-electron chi connectivity index (χ0n) is 11.2. The Labute approximate surface area is 114 Å². The molecule has 1 rings (SSSR count). The summed E-state index contributed by atoms with van der Waals surface area (Å²) >= 11 is 0. The first-order valence-electron chi connectivity index (χ1n) is 6.62. The number of hydrogen-bond acceptors (Lipinski definition) is 5. The van der Waals surface area contributed by atoms with Crippen molar-refractivity contribution in [2.24, 2.45) is 4.99 Å². The summed E-state index contributed by atoms with van der Waals surface area (Å²) in [7, 11) is 0. The lowest BCUT2D eigenvalue weighted by atomic mass is 10.1. The molecule has 0 fully saturated rings. The van der Waals surface area contributed by atoms with E-state index in [0.717, 1.165) is 36.7 Å². The Morgan fingerprint density at radius 2 is 1.45 bits per heavy atom. The topological polar surface area (TPSA) is 117 Å². The standard InChI is InChI=1S/C12H18N4O4/c17-9-13-7-5-3-1-2-4-6-8-16-11(19)14-10(18)15-12(16)20/h1-8H2,(H2,14,15,18,19,20). The summed E-state index contributed by atoms with van der Waals surface area (Å²) in [6.07, 6.45) is 6.95. The molecule has 0 saturated heterocycles. The predicted octanol–water partition coefficient (Wildman–Crippen LogP) is -0.0987. The molecule has 1 aromatic heterocycles. The molecule has 0 radical (unpaired) electrons. The summed E-state index contributed by atoms with van der Waals surface area (Å²) in [5.74, 6) is 0. The van der Waals surface area contributed by atoms with Crippen molar-refractivity contribution in [2.75, 3.05) is 6.54 Å². The van der Waals surface area contributed by atoms with E-state index in [4.69, 9.17) is 0 Å². The molecule has 0 unspecified atom stereocenters. The van der Waals surface area contributed by atoms with Crippen molar-refractivity contribution in [3.05, 3.63) is 31.5 Å². The van der Waals surface area contributed by atoms with Crippen molar-refractivity contribution < 1.29 is 4.79 Å². The number of nitrogens with zero attached hydrogens (tertiary/aromatic N) is 2. The Hall–Kier alpha value is -2.21. The lowest BCUT2D eigenvalue weighted by Crippen LogP contribution is -2.43. The molecule has 0 aliphatic carbocycles. The van der Waals surface area contributed by atoms with Crippen LogP contribution in [0.5, 0.6) is 0 Å². The van der Waals surface area contributed by atoms with Crippen molar-refractivity contribution >= 4 is 6.08 Å². The molecular formula is C12H18N4O4. The van der Waals surface area contributed by atoms with Gasteiger partial charge >= 0.3 is 17.1 Å². The maximum absolute atomic E-state index is 11.4. The normalized spacial score (nSPS) is 10.2. The third-order valence-corrected chi connectivity index (χ3v) is 2.90. The van der Waals surface area contributed by atoms with Crippen molar-refractivity contribution in [2.45, 2.75) is 45.1 Å². The van der Waals surface area contributed by atoms with E-state index in [2.05, 4.69) is 4.99 Å². The largest absolute Gasteiger partial charge is 0.333 e. The van der Waals surface area contributed by atoms with E-state index >= 15 is 0 Å². The Kier molecular flexibility index (Phi) is 6.99. The van der Waals surface area contributed by atoms with Crippen LogP contribution in [0, 0.1) is 0 Å². The van der Waals surface area contributed by atoms with Crippen LogP contribution in [0.3, 0.4) is 0 Å². The van der Waals surface area contributed by atoms with Gasteiger partial charge in [0.2, 0.25) is 6.08 Å². The second-order valence-electron chi connectivity index (χ2n) is 4.44. The highest BCUT2D eigenvalue weighted by Gasteiger charge is 2.01. The Morgan fingerprint density at radius 3 is 2.05 bits per heavy atom. The fourth-order valence-corrected chi connectivity index (χ4v) is 1.87. The molecular weight excluding hydrogens is 264 g/mol. The van der Waals surface area contributed by atoms with Crippen LogP contribution in [0.2, 0.25) is 0 Å². The highest BCUT2D eigenvalue weighted by Crippen LogP contribution is 2.05. The fourth-order valence-electron chi connectivity index (χ4n) is 1.87. The van der Waals surface area contributed by atoms with E-state index in [1.165, 1.54) is 6.08 Å². The number of aromatic amines is 2. The van der Waals surface area contributed by atoms with Crippen LogP contribution in [-0.4, -0.2) is 27.2 Å². The smallest absolute Gasteiger partial charge is 0.259 e. The summed E-state index contributed by atoms with van der Waals surface area (Å²) < 4.78 is 0.986. The first-order valence-corrected chi connectivity index (χ1v) is 6.62. The second kappa shape index (κ2) is 8.82. The predicted molar refractivity (Wildman–Crippen MR) is 72.6 cm³/mol. The first-order chi connectivity index (χ1) is 9.65. The average molecular weight is 282 g/mol. The minimum absolute atomic E-state index is 0.292. The number of hydrogen-bond donors (Lipinski definition) is 2. The van der Waals surface area contributed by atoms with Gasteiger partial charge in [-0.2, -0.15) is 0 Å². The van der Waals surface area contributed by atoms with Crippen LogP contribution in [-0.2, 0) is 11.3 Å². The van der Waals surface area contributed by atoms with E-state index in [9.17, 15) is 19.2 Å². The average Bonchev–Trinajstić information content (AvgIpc) is 2.39. The van der Waals surface area contributed by atoms with E-state index in [-0.39, 0.29) is 0 Å². The van der Waals surface area contributed by atoms with Crippen LogP contribution in [0.1, 0.15) is 38.5 Å². The molecule has 0 aromatic carbocycles. The van der Waals surface area contributed by atoms with Crippen molar-refractivity contribution in [3.63, 3.8) is 0 Å². The number of isocyanates is 1. The highest BCUT2D eigenvalue weighted by atomic mass is 16.2. The molecule has 0 spiro atoms. The van der Waals surface area contributed by atoms with Gasteiger partial charge in [-0.15, -0.1) is 0 Å². The van der Waals surface area contributed by atoms with Gasteiger partial charge in [-0.25, -0.2) is 28.7 Å². The quantitative estimate of drug-likeness (QED) is 0.373. The maximum atomic E-state index is 11.4. The molecule has 0 saturated carbocycles. The number of aromatic nitrogens is 3. The van der Waals surface area contributed by atoms with Crippen LogP contribution >= 0.6 is 0 Å². The zero-order valence-corrected chi connectivity index (χ0v) is 11.2. The molecule has 0 aliphatic heterocycles. The third-order valence-electron chi connectivity index (χ3n) is 2.90. The van der Waals surface area contributed by atoms with Crippen LogP contribution in [0.25, 0.3) is 0 Å². The van der Waals surface area contributed by atoms with Gasteiger partial charge in [-0.1, -0.05) is 25.7 Å². The SMILES string of the molecule is O=C=NCCCCCCCCn1c(=O)[nH]c(=O)[nH]c1=O. The molecule has 2 N–H and O–H groups in total. The van der Waals surface area contributed by atoms with Gasteiger partial charge in [0.15, 0.2) is 0 Å². The Morgan fingerprint density at radius 1 is 0.900 bits per heavy atom. The monoisotopic (exact) mass is 282 g/mol. The fraction of sp³-hybridized carbons (Fsp3) is 0.667. The molecule has 0 bridgehead atoms. The van der Waals surface area contributed by atoms with Gasteiger partial charge < -0.3 is 0 Å².